The molecule has 0 spiro atoms. The lowest BCUT2D eigenvalue weighted by molar-refractivity contribution is 0.0953. The second kappa shape index (κ2) is 7.50. The SMILES string of the molecule is Cc1ccc(C(=O)NCCNC(C)c2cnccn2)cc1. The van der Waals surface area contributed by atoms with E-state index in [9.17, 15) is 4.79 Å². The van der Waals surface area contributed by atoms with Gasteiger partial charge < -0.3 is 10.6 Å². The number of hydrogen-bond donors (Lipinski definition) is 2. The summed E-state index contributed by atoms with van der Waals surface area (Å²) in [6.45, 7) is 5.26. The molecule has 1 aromatic carbocycles. The first kappa shape index (κ1) is 15.1. The molecule has 0 aliphatic carbocycles. The maximum atomic E-state index is 11.9. The highest BCUT2D eigenvalue weighted by atomic mass is 16.1. The van der Waals surface area contributed by atoms with Gasteiger partial charge in [0.2, 0.25) is 0 Å². The molecule has 0 radical (unpaired) electrons. The number of hydrogen-bond acceptors (Lipinski definition) is 4. The fraction of sp³-hybridized carbons (Fsp3) is 0.312. The fourth-order valence-electron chi connectivity index (χ4n) is 1.91. The van der Waals surface area contributed by atoms with Gasteiger partial charge in [-0.05, 0) is 26.0 Å². The Bertz CT molecular complexity index is 569. The molecule has 2 aromatic rings. The summed E-state index contributed by atoms with van der Waals surface area (Å²) >= 11 is 0. The number of aromatic nitrogens is 2. The largest absolute Gasteiger partial charge is 0.351 e. The first-order chi connectivity index (χ1) is 10.2. The van der Waals surface area contributed by atoms with E-state index in [-0.39, 0.29) is 11.9 Å². The molecule has 0 aliphatic rings. The molecule has 5 heteroatoms. The molecule has 110 valence electrons. The van der Waals surface area contributed by atoms with E-state index in [1.165, 1.54) is 0 Å². The van der Waals surface area contributed by atoms with Gasteiger partial charge in [0.1, 0.15) is 0 Å². The maximum Gasteiger partial charge on any atom is 0.251 e. The van der Waals surface area contributed by atoms with Crippen molar-refractivity contribution in [1.82, 2.24) is 20.6 Å². The summed E-state index contributed by atoms with van der Waals surface area (Å²) in [6, 6.07) is 7.64. The summed E-state index contributed by atoms with van der Waals surface area (Å²) in [5.41, 5.74) is 2.72. The van der Waals surface area contributed by atoms with Crippen LogP contribution in [0.2, 0.25) is 0 Å². The quantitative estimate of drug-likeness (QED) is 0.795. The van der Waals surface area contributed by atoms with E-state index in [0.717, 1.165) is 11.3 Å². The van der Waals surface area contributed by atoms with Crippen LogP contribution in [0.5, 0.6) is 0 Å². The van der Waals surface area contributed by atoms with Crippen LogP contribution in [0.1, 0.15) is 34.6 Å². The summed E-state index contributed by atoms with van der Waals surface area (Å²) in [7, 11) is 0. The number of carbonyl (C=O) groups is 1. The molecular formula is C16H20N4O. The zero-order valence-electron chi connectivity index (χ0n) is 12.3. The van der Waals surface area contributed by atoms with Crippen LogP contribution >= 0.6 is 0 Å². The van der Waals surface area contributed by atoms with Crippen LogP contribution < -0.4 is 10.6 Å². The van der Waals surface area contributed by atoms with E-state index in [1.54, 1.807) is 18.6 Å². The highest BCUT2D eigenvalue weighted by molar-refractivity contribution is 5.94. The van der Waals surface area contributed by atoms with Gasteiger partial charge in [-0.3, -0.25) is 14.8 Å². The highest BCUT2D eigenvalue weighted by Gasteiger charge is 2.07. The number of carbonyl (C=O) groups excluding carboxylic acids is 1. The van der Waals surface area contributed by atoms with Crippen molar-refractivity contribution < 1.29 is 4.79 Å². The number of benzene rings is 1. The van der Waals surface area contributed by atoms with Gasteiger partial charge >= 0.3 is 0 Å². The molecule has 1 atom stereocenters. The lowest BCUT2D eigenvalue weighted by atomic mass is 10.1. The normalized spacial score (nSPS) is 11.9. The van der Waals surface area contributed by atoms with E-state index in [2.05, 4.69) is 20.6 Å². The van der Waals surface area contributed by atoms with Crippen molar-refractivity contribution in [3.63, 3.8) is 0 Å². The Labute approximate surface area is 124 Å². The summed E-state index contributed by atoms with van der Waals surface area (Å²) in [5.74, 6) is -0.0519. The van der Waals surface area contributed by atoms with Crippen LogP contribution in [0.4, 0.5) is 0 Å². The Morgan fingerprint density at radius 3 is 2.62 bits per heavy atom. The zero-order valence-corrected chi connectivity index (χ0v) is 12.3. The van der Waals surface area contributed by atoms with Gasteiger partial charge in [0, 0.05) is 43.3 Å². The van der Waals surface area contributed by atoms with Crippen LogP contribution in [0.25, 0.3) is 0 Å². The number of nitrogens with one attached hydrogen (secondary N) is 2. The molecule has 0 fully saturated rings. The van der Waals surface area contributed by atoms with Gasteiger partial charge in [-0.2, -0.15) is 0 Å². The van der Waals surface area contributed by atoms with Crippen LogP contribution in [0.3, 0.4) is 0 Å². The van der Waals surface area contributed by atoms with Crippen LogP contribution in [0.15, 0.2) is 42.9 Å². The van der Waals surface area contributed by atoms with Crippen molar-refractivity contribution in [2.75, 3.05) is 13.1 Å². The molecule has 2 N–H and O–H groups in total. The van der Waals surface area contributed by atoms with E-state index < -0.39 is 0 Å². The molecule has 1 aromatic heterocycles. The number of nitrogens with zero attached hydrogens (tertiary/aromatic N) is 2. The number of rotatable bonds is 6. The van der Waals surface area contributed by atoms with Crippen molar-refractivity contribution in [3.8, 4) is 0 Å². The molecule has 0 saturated heterocycles. The maximum absolute atomic E-state index is 11.9. The molecule has 0 aliphatic heterocycles. The van der Waals surface area contributed by atoms with Crippen LogP contribution in [-0.4, -0.2) is 29.0 Å². The van der Waals surface area contributed by atoms with Gasteiger partial charge in [0.15, 0.2) is 0 Å². The first-order valence-corrected chi connectivity index (χ1v) is 7.01. The molecular weight excluding hydrogens is 264 g/mol. The molecule has 1 heterocycles. The Hall–Kier alpha value is -2.27. The second-order valence-electron chi connectivity index (χ2n) is 4.93. The average Bonchev–Trinajstić information content (AvgIpc) is 2.52. The summed E-state index contributed by atoms with van der Waals surface area (Å²) in [4.78, 5) is 20.2. The third-order valence-corrected chi connectivity index (χ3v) is 3.20. The van der Waals surface area contributed by atoms with Gasteiger partial charge in [0.25, 0.3) is 5.91 Å². The summed E-state index contributed by atoms with van der Waals surface area (Å²) < 4.78 is 0. The summed E-state index contributed by atoms with van der Waals surface area (Å²) in [6.07, 6.45) is 5.06. The monoisotopic (exact) mass is 284 g/mol. The lowest BCUT2D eigenvalue weighted by Gasteiger charge is -2.13. The molecule has 5 nitrogen and oxygen atoms in total. The smallest absolute Gasteiger partial charge is 0.251 e. The van der Waals surface area contributed by atoms with E-state index >= 15 is 0 Å². The van der Waals surface area contributed by atoms with Gasteiger partial charge in [-0.25, -0.2) is 0 Å². The number of amides is 1. The van der Waals surface area contributed by atoms with Gasteiger partial charge in [-0.15, -0.1) is 0 Å². The van der Waals surface area contributed by atoms with Gasteiger partial charge in [-0.1, -0.05) is 17.7 Å². The van der Waals surface area contributed by atoms with Crippen molar-refractivity contribution >= 4 is 5.91 Å². The third kappa shape index (κ3) is 4.65. The minimum atomic E-state index is -0.0519. The first-order valence-electron chi connectivity index (χ1n) is 7.01. The van der Waals surface area contributed by atoms with Crippen LogP contribution in [0, 0.1) is 6.92 Å². The minimum absolute atomic E-state index is 0.0519. The highest BCUT2D eigenvalue weighted by Crippen LogP contribution is 2.05. The molecule has 1 amide bonds. The van der Waals surface area contributed by atoms with Crippen molar-refractivity contribution in [2.24, 2.45) is 0 Å². The van der Waals surface area contributed by atoms with Crippen LogP contribution in [-0.2, 0) is 0 Å². The van der Waals surface area contributed by atoms with Crippen molar-refractivity contribution in [3.05, 3.63) is 59.7 Å². The Balaban J connectivity index is 1.72. The Kier molecular flexibility index (Phi) is 5.40. The molecule has 21 heavy (non-hydrogen) atoms. The zero-order chi connectivity index (χ0) is 15.1. The average molecular weight is 284 g/mol. The summed E-state index contributed by atoms with van der Waals surface area (Å²) in [5, 5.41) is 6.19. The standard InChI is InChI=1S/C16H20N4O/c1-12-3-5-14(6-4-12)16(21)20-10-9-18-13(2)15-11-17-7-8-19-15/h3-8,11,13,18H,9-10H2,1-2H3,(H,20,21). The van der Waals surface area contributed by atoms with Crippen molar-refractivity contribution in [1.29, 1.82) is 0 Å². The topological polar surface area (TPSA) is 66.9 Å². The third-order valence-electron chi connectivity index (χ3n) is 3.20. The Morgan fingerprint density at radius 2 is 1.95 bits per heavy atom. The van der Waals surface area contributed by atoms with Crippen molar-refractivity contribution in [2.45, 2.75) is 19.9 Å². The lowest BCUT2D eigenvalue weighted by Crippen LogP contribution is -2.33. The molecule has 0 bridgehead atoms. The van der Waals surface area contributed by atoms with E-state index in [0.29, 0.717) is 18.7 Å². The second-order valence-corrected chi connectivity index (χ2v) is 4.93. The van der Waals surface area contributed by atoms with Gasteiger partial charge in [0.05, 0.1) is 5.69 Å². The fourth-order valence-corrected chi connectivity index (χ4v) is 1.91. The molecule has 2 rings (SSSR count). The van der Waals surface area contributed by atoms with E-state index in [4.69, 9.17) is 0 Å². The predicted octanol–water partition coefficient (Wildman–Crippen LogP) is 1.87. The molecule has 1 unspecified atom stereocenters. The molecule has 0 saturated carbocycles. The predicted molar refractivity (Wildman–Crippen MR) is 82.0 cm³/mol. The Morgan fingerprint density at radius 1 is 1.19 bits per heavy atom. The number of aryl methyl sites for hydroxylation is 1. The van der Waals surface area contributed by atoms with E-state index in [1.807, 2.05) is 38.1 Å². The minimum Gasteiger partial charge on any atom is -0.351 e.